The van der Waals surface area contributed by atoms with Crippen molar-refractivity contribution in [2.24, 2.45) is 0 Å². The second-order valence-corrected chi connectivity index (χ2v) is 6.54. The molecule has 0 fully saturated rings. The lowest BCUT2D eigenvalue weighted by Gasteiger charge is -2.09. The van der Waals surface area contributed by atoms with E-state index in [0.717, 1.165) is 42.1 Å². The van der Waals surface area contributed by atoms with Crippen LogP contribution >= 0.6 is 11.3 Å². The Morgan fingerprint density at radius 1 is 0.864 bits per heavy atom. The summed E-state index contributed by atoms with van der Waals surface area (Å²) in [5.41, 5.74) is 2.92. The predicted octanol–water partition coefficient (Wildman–Crippen LogP) is 5.77. The van der Waals surface area contributed by atoms with Gasteiger partial charge in [0.05, 0.1) is 12.1 Å². The zero-order valence-electron chi connectivity index (χ0n) is 13.9. The number of rotatable bonds is 11. The van der Waals surface area contributed by atoms with E-state index in [2.05, 4.69) is 23.8 Å². The molecule has 0 aliphatic heterocycles. The van der Waals surface area contributed by atoms with Crippen molar-refractivity contribution in [1.82, 2.24) is 9.97 Å². The van der Waals surface area contributed by atoms with E-state index in [0.29, 0.717) is 0 Å². The monoisotopic (exact) mass is 320 g/mol. The second kappa shape index (κ2) is 9.78. The van der Waals surface area contributed by atoms with Crippen molar-refractivity contribution >= 4 is 22.4 Å². The smallest absolute Gasteiger partial charge is 0.236 e. The number of hydrogen-bond donors (Lipinski definition) is 0. The average Bonchev–Trinajstić information content (AvgIpc) is 2.99. The summed E-state index contributed by atoms with van der Waals surface area (Å²) in [5, 5.41) is 4.08. The lowest BCUT2D eigenvalue weighted by atomic mass is 10.1. The van der Waals surface area contributed by atoms with Crippen molar-refractivity contribution in [3.8, 4) is 5.88 Å². The Balaban J connectivity index is 1.68. The van der Waals surface area contributed by atoms with Gasteiger partial charge in [0.1, 0.15) is 11.2 Å². The number of thiophene rings is 1. The molecule has 0 spiro atoms. The highest BCUT2D eigenvalue weighted by atomic mass is 32.1. The van der Waals surface area contributed by atoms with Crippen molar-refractivity contribution in [2.75, 3.05) is 6.61 Å². The Labute approximate surface area is 138 Å². The Morgan fingerprint density at radius 2 is 1.50 bits per heavy atom. The fourth-order valence-corrected chi connectivity index (χ4v) is 3.24. The minimum absolute atomic E-state index is 0.733. The third kappa shape index (κ3) is 5.24. The van der Waals surface area contributed by atoms with Crippen LogP contribution < -0.4 is 4.74 Å². The number of aryl methyl sites for hydroxylation is 1. The number of nitrogens with zero attached hydrogens (tertiary/aromatic N) is 2. The largest absolute Gasteiger partial charge is 0.476 e. The molecule has 0 saturated carbocycles. The van der Waals surface area contributed by atoms with Gasteiger partial charge in [-0.1, -0.05) is 58.8 Å². The zero-order valence-corrected chi connectivity index (χ0v) is 14.8. The quantitative estimate of drug-likeness (QED) is 0.493. The van der Waals surface area contributed by atoms with Gasteiger partial charge >= 0.3 is 0 Å². The molecule has 0 atom stereocenters. The van der Waals surface area contributed by atoms with Gasteiger partial charge in [0.25, 0.3) is 0 Å². The van der Waals surface area contributed by atoms with Gasteiger partial charge in [0.15, 0.2) is 0 Å². The van der Waals surface area contributed by atoms with Crippen LogP contribution in [-0.4, -0.2) is 16.6 Å². The number of hydrogen-bond acceptors (Lipinski definition) is 4. The van der Waals surface area contributed by atoms with Crippen LogP contribution in [0.15, 0.2) is 10.8 Å². The molecule has 22 heavy (non-hydrogen) atoms. The van der Waals surface area contributed by atoms with Crippen LogP contribution in [0.3, 0.4) is 0 Å². The van der Waals surface area contributed by atoms with E-state index in [-0.39, 0.29) is 0 Å². The van der Waals surface area contributed by atoms with Crippen LogP contribution in [-0.2, 0) is 6.42 Å². The molecule has 0 radical (unpaired) electrons. The van der Waals surface area contributed by atoms with Crippen molar-refractivity contribution in [2.45, 2.75) is 71.6 Å². The van der Waals surface area contributed by atoms with Crippen LogP contribution in [0.5, 0.6) is 5.88 Å². The molecule has 2 aromatic rings. The maximum Gasteiger partial charge on any atom is 0.236 e. The van der Waals surface area contributed by atoms with E-state index < -0.39 is 0 Å². The molecule has 0 aliphatic rings. The molecule has 0 aliphatic carbocycles. The van der Waals surface area contributed by atoms with Gasteiger partial charge in [0.2, 0.25) is 5.88 Å². The third-order valence-corrected chi connectivity index (χ3v) is 4.64. The summed E-state index contributed by atoms with van der Waals surface area (Å²) in [6.07, 6.45) is 11.4. The summed E-state index contributed by atoms with van der Waals surface area (Å²) in [7, 11) is 0. The highest BCUT2D eigenvalue weighted by Gasteiger charge is 2.09. The fourth-order valence-electron chi connectivity index (χ4n) is 2.57. The minimum Gasteiger partial charge on any atom is -0.476 e. The highest BCUT2D eigenvalue weighted by Crippen LogP contribution is 2.22. The van der Waals surface area contributed by atoms with Crippen LogP contribution in [0.1, 0.15) is 70.9 Å². The van der Waals surface area contributed by atoms with Gasteiger partial charge < -0.3 is 4.74 Å². The van der Waals surface area contributed by atoms with Crippen molar-refractivity contribution < 1.29 is 4.74 Å². The predicted molar refractivity (Wildman–Crippen MR) is 94.9 cm³/mol. The van der Waals surface area contributed by atoms with Crippen LogP contribution in [0.2, 0.25) is 0 Å². The summed E-state index contributed by atoms with van der Waals surface area (Å²) >= 11 is 1.64. The van der Waals surface area contributed by atoms with E-state index in [1.54, 1.807) is 11.3 Å². The molecule has 0 saturated heterocycles. The van der Waals surface area contributed by atoms with E-state index in [9.17, 15) is 0 Å². The first-order chi connectivity index (χ1) is 10.8. The van der Waals surface area contributed by atoms with Gasteiger partial charge in [-0.25, -0.2) is 9.97 Å². The molecule has 2 heterocycles. The van der Waals surface area contributed by atoms with Crippen molar-refractivity contribution in [1.29, 1.82) is 0 Å². The standard InChI is InChI=1S/C18H28N2OS/c1-3-5-6-7-8-9-10-11-12-21-18-15(4-2)19-16-13-22-14-17(16)20-18/h13-14H,3-12H2,1-2H3. The molecule has 0 bridgehead atoms. The maximum atomic E-state index is 5.88. The lowest BCUT2D eigenvalue weighted by molar-refractivity contribution is 0.290. The first-order valence-corrected chi connectivity index (χ1v) is 9.65. The maximum absolute atomic E-state index is 5.88. The summed E-state index contributed by atoms with van der Waals surface area (Å²) < 4.78 is 5.88. The average molecular weight is 321 g/mol. The first-order valence-electron chi connectivity index (χ1n) is 8.70. The fraction of sp³-hybridized carbons (Fsp3) is 0.667. The Kier molecular flexibility index (Phi) is 7.64. The highest BCUT2D eigenvalue weighted by molar-refractivity contribution is 7.09. The molecule has 4 heteroatoms. The van der Waals surface area contributed by atoms with Crippen LogP contribution in [0.4, 0.5) is 0 Å². The molecular formula is C18H28N2OS. The molecule has 122 valence electrons. The van der Waals surface area contributed by atoms with Gasteiger partial charge in [-0.3, -0.25) is 0 Å². The normalized spacial score (nSPS) is 11.2. The molecule has 0 amide bonds. The third-order valence-electron chi connectivity index (χ3n) is 3.92. The summed E-state index contributed by atoms with van der Waals surface area (Å²) in [6, 6.07) is 0. The molecule has 0 aromatic carbocycles. The number of fused-ring (bicyclic) bond motifs is 1. The Hall–Kier alpha value is -1.16. The first kappa shape index (κ1) is 17.2. The number of unbranched alkanes of at least 4 members (excludes halogenated alkanes) is 7. The Morgan fingerprint density at radius 3 is 2.18 bits per heavy atom. The van der Waals surface area contributed by atoms with Gasteiger partial charge in [0, 0.05) is 10.8 Å². The van der Waals surface area contributed by atoms with Gasteiger partial charge in [-0.15, -0.1) is 11.3 Å². The van der Waals surface area contributed by atoms with Crippen LogP contribution in [0.25, 0.3) is 11.0 Å². The number of ether oxygens (including phenoxy) is 1. The minimum atomic E-state index is 0.733. The number of aromatic nitrogens is 2. The molecule has 2 aromatic heterocycles. The van der Waals surface area contributed by atoms with Crippen molar-refractivity contribution in [3.63, 3.8) is 0 Å². The van der Waals surface area contributed by atoms with Crippen LogP contribution in [0, 0.1) is 0 Å². The van der Waals surface area contributed by atoms with E-state index >= 15 is 0 Å². The topological polar surface area (TPSA) is 35.0 Å². The van der Waals surface area contributed by atoms with Gasteiger partial charge in [-0.05, 0) is 12.8 Å². The summed E-state index contributed by atoms with van der Waals surface area (Å²) in [6.45, 7) is 5.12. The van der Waals surface area contributed by atoms with E-state index in [1.807, 2.05) is 10.8 Å². The SMILES string of the molecule is CCCCCCCCCCOc1nc2cscc2nc1CC. The molecule has 3 nitrogen and oxygen atoms in total. The molecular weight excluding hydrogens is 292 g/mol. The molecule has 0 N–H and O–H groups in total. The summed E-state index contributed by atoms with van der Waals surface area (Å²) in [5.74, 6) is 0.733. The zero-order chi connectivity index (χ0) is 15.6. The van der Waals surface area contributed by atoms with E-state index in [1.165, 1.54) is 44.9 Å². The van der Waals surface area contributed by atoms with E-state index in [4.69, 9.17) is 4.74 Å². The second-order valence-electron chi connectivity index (χ2n) is 5.79. The Bertz CT molecular complexity index is 553. The summed E-state index contributed by atoms with van der Waals surface area (Å²) in [4.78, 5) is 9.23. The van der Waals surface area contributed by atoms with Crippen molar-refractivity contribution in [3.05, 3.63) is 16.5 Å². The molecule has 2 rings (SSSR count). The van der Waals surface area contributed by atoms with Gasteiger partial charge in [-0.2, -0.15) is 0 Å². The molecule has 0 unspecified atom stereocenters. The lowest BCUT2D eigenvalue weighted by Crippen LogP contribution is -2.04.